The van der Waals surface area contributed by atoms with E-state index in [0.717, 1.165) is 25.0 Å². The number of amides is 3. The minimum atomic E-state index is -0.180. The Balaban J connectivity index is 1.27. The maximum atomic E-state index is 12.7. The minimum absolute atomic E-state index is 0.0140. The predicted octanol–water partition coefficient (Wildman–Crippen LogP) is 2.62. The number of aryl methyl sites for hydroxylation is 1. The highest BCUT2D eigenvalue weighted by Crippen LogP contribution is 2.33. The van der Waals surface area contributed by atoms with E-state index in [1.54, 1.807) is 22.8 Å². The number of ether oxygens (including phenoxy) is 1. The molecule has 1 N–H and O–H groups in total. The van der Waals surface area contributed by atoms with Crippen molar-refractivity contribution >= 4 is 11.9 Å². The van der Waals surface area contributed by atoms with Crippen molar-refractivity contribution in [3.05, 3.63) is 53.4 Å². The molecule has 0 aliphatic carbocycles. The average molecular weight is 412 g/mol. The Bertz CT molecular complexity index is 861. The first-order valence-corrected chi connectivity index (χ1v) is 10.5. The highest BCUT2D eigenvalue weighted by Gasteiger charge is 2.30. The van der Waals surface area contributed by atoms with Crippen molar-refractivity contribution in [3.63, 3.8) is 0 Å². The van der Waals surface area contributed by atoms with Crippen molar-refractivity contribution < 1.29 is 18.8 Å². The highest BCUT2D eigenvalue weighted by molar-refractivity contribution is 5.91. The molecule has 160 valence electrons. The molecule has 0 spiro atoms. The zero-order valence-electron chi connectivity index (χ0n) is 17.3. The SMILES string of the molecule is Cc1cc(C(=O)N2CCN(C(=O)NCC3CCCOC3c3ccccc3)CC2)on1. The second-order valence-electron chi connectivity index (χ2n) is 7.90. The number of aromatic nitrogens is 1. The standard InChI is InChI=1S/C22H28N4O4/c1-16-14-19(30-24-16)21(27)25-9-11-26(12-10-25)22(28)23-15-18-8-5-13-29-20(18)17-6-3-2-4-7-17/h2-4,6-7,14,18,20H,5,8-13,15H2,1H3,(H,23,28). The Labute approximate surface area is 176 Å². The fraction of sp³-hybridized carbons (Fsp3) is 0.500. The number of rotatable bonds is 4. The van der Waals surface area contributed by atoms with E-state index in [1.807, 2.05) is 18.2 Å². The van der Waals surface area contributed by atoms with E-state index in [9.17, 15) is 9.59 Å². The maximum absolute atomic E-state index is 12.7. The topological polar surface area (TPSA) is 87.9 Å². The Hall–Kier alpha value is -2.87. The lowest BCUT2D eigenvalue weighted by Crippen LogP contribution is -2.53. The normalized spacial score (nSPS) is 22.0. The number of nitrogens with zero attached hydrogens (tertiary/aromatic N) is 3. The van der Waals surface area contributed by atoms with Crippen molar-refractivity contribution in [3.8, 4) is 0 Å². The quantitative estimate of drug-likeness (QED) is 0.834. The summed E-state index contributed by atoms with van der Waals surface area (Å²) in [6, 6.07) is 11.7. The number of hydrogen-bond donors (Lipinski definition) is 1. The molecule has 0 bridgehead atoms. The number of benzene rings is 1. The number of carbonyl (C=O) groups is 2. The molecule has 0 radical (unpaired) electrons. The van der Waals surface area contributed by atoms with Gasteiger partial charge < -0.3 is 24.4 Å². The van der Waals surface area contributed by atoms with Crippen molar-refractivity contribution in [2.45, 2.75) is 25.9 Å². The van der Waals surface area contributed by atoms with Gasteiger partial charge in [-0.05, 0) is 25.3 Å². The molecule has 2 unspecified atom stereocenters. The van der Waals surface area contributed by atoms with E-state index in [4.69, 9.17) is 9.26 Å². The first-order valence-electron chi connectivity index (χ1n) is 10.5. The zero-order chi connectivity index (χ0) is 20.9. The van der Waals surface area contributed by atoms with Crippen LogP contribution in [0, 0.1) is 12.8 Å². The molecule has 2 atom stereocenters. The van der Waals surface area contributed by atoms with E-state index in [-0.39, 0.29) is 29.7 Å². The van der Waals surface area contributed by atoms with Gasteiger partial charge in [-0.2, -0.15) is 0 Å². The van der Waals surface area contributed by atoms with Crippen molar-refractivity contribution in [1.82, 2.24) is 20.3 Å². The van der Waals surface area contributed by atoms with Crippen LogP contribution in [0.3, 0.4) is 0 Å². The third kappa shape index (κ3) is 4.64. The number of hydrogen-bond acceptors (Lipinski definition) is 5. The molecule has 3 amide bonds. The van der Waals surface area contributed by atoms with Crippen LogP contribution >= 0.6 is 0 Å². The molecule has 4 rings (SSSR count). The van der Waals surface area contributed by atoms with Crippen LogP contribution in [0.4, 0.5) is 4.79 Å². The molecule has 2 fully saturated rings. The third-order valence-corrected chi connectivity index (χ3v) is 5.78. The van der Waals surface area contributed by atoms with Crippen LogP contribution in [0.2, 0.25) is 0 Å². The molecular weight excluding hydrogens is 384 g/mol. The maximum Gasteiger partial charge on any atom is 0.317 e. The van der Waals surface area contributed by atoms with E-state index in [2.05, 4.69) is 22.6 Å². The van der Waals surface area contributed by atoms with Crippen LogP contribution < -0.4 is 5.32 Å². The van der Waals surface area contributed by atoms with Gasteiger partial charge in [-0.3, -0.25) is 4.79 Å². The van der Waals surface area contributed by atoms with Crippen molar-refractivity contribution in [2.75, 3.05) is 39.3 Å². The summed E-state index contributed by atoms with van der Waals surface area (Å²) in [5.41, 5.74) is 1.84. The van der Waals surface area contributed by atoms with Crippen LogP contribution in [0.1, 0.15) is 40.8 Å². The van der Waals surface area contributed by atoms with Crippen LogP contribution in [0.15, 0.2) is 40.9 Å². The second kappa shape index (κ2) is 9.30. The van der Waals surface area contributed by atoms with Crippen LogP contribution in [-0.2, 0) is 4.74 Å². The summed E-state index contributed by atoms with van der Waals surface area (Å²) in [5, 5.41) is 6.84. The lowest BCUT2D eigenvalue weighted by atomic mass is 9.89. The molecule has 2 saturated heterocycles. The predicted molar refractivity (Wildman–Crippen MR) is 110 cm³/mol. The molecule has 2 aliphatic heterocycles. The molecular formula is C22H28N4O4. The fourth-order valence-electron chi connectivity index (χ4n) is 4.13. The molecule has 8 nitrogen and oxygen atoms in total. The molecule has 30 heavy (non-hydrogen) atoms. The molecule has 1 aromatic carbocycles. The van der Waals surface area contributed by atoms with Gasteiger partial charge in [0.05, 0.1) is 11.8 Å². The Morgan fingerprint density at radius 1 is 1.13 bits per heavy atom. The van der Waals surface area contributed by atoms with Crippen LogP contribution in [0.25, 0.3) is 0 Å². The highest BCUT2D eigenvalue weighted by atomic mass is 16.5. The Morgan fingerprint density at radius 2 is 1.87 bits per heavy atom. The average Bonchev–Trinajstić information content (AvgIpc) is 3.24. The lowest BCUT2D eigenvalue weighted by Gasteiger charge is -2.36. The summed E-state index contributed by atoms with van der Waals surface area (Å²) in [6.45, 7) is 5.06. The number of carbonyl (C=O) groups excluding carboxylic acids is 2. The van der Waals surface area contributed by atoms with Gasteiger partial charge >= 0.3 is 6.03 Å². The summed E-state index contributed by atoms with van der Waals surface area (Å²) in [7, 11) is 0. The summed E-state index contributed by atoms with van der Waals surface area (Å²) in [5.74, 6) is 0.318. The zero-order valence-corrected chi connectivity index (χ0v) is 17.3. The van der Waals surface area contributed by atoms with Crippen molar-refractivity contribution in [1.29, 1.82) is 0 Å². The van der Waals surface area contributed by atoms with Gasteiger partial charge in [-0.25, -0.2) is 4.79 Å². The van der Waals surface area contributed by atoms with Crippen LogP contribution in [-0.4, -0.2) is 66.2 Å². The smallest absolute Gasteiger partial charge is 0.317 e. The summed E-state index contributed by atoms with van der Waals surface area (Å²) >= 11 is 0. The molecule has 3 heterocycles. The van der Waals surface area contributed by atoms with Gasteiger partial charge in [0.15, 0.2) is 0 Å². The molecule has 8 heteroatoms. The van der Waals surface area contributed by atoms with Crippen LogP contribution in [0.5, 0.6) is 0 Å². The van der Waals surface area contributed by atoms with E-state index in [0.29, 0.717) is 38.4 Å². The number of nitrogens with one attached hydrogen (secondary N) is 1. The van der Waals surface area contributed by atoms with Gasteiger partial charge in [0.2, 0.25) is 5.76 Å². The summed E-state index contributed by atoms with van der Waals surface area (Å²) < 4.78 is 11.1. The van der Waals surface area contributed by atoms with Gasteiger partial charge in [0, 0.05) is 51.3 Å². The van der Waals surface area contributed by atoms with E-state index >= 15 is 0 Å². The third-order valence-electron chi connectivity index (χ3n) is 5.78. The number of urea groups is 1. The Morgan fingerprint density at radius 3 is 2.57 bits per heavy atom. The summed E-state index contributed by atoms with van der Waals surface area (Å²) in [6.07, 6.45) is 2.05. The van der Waals surface area contributed by atoms with Gasteiger partial charge in [-0.1, -0.05) is 35.5 Å². The van der Waals surface area contributed by atoms with Gasteiger partial charge in [0.1, 0.15) is 0 Å². The minimum Gasteiger partial charge on any atom is -0.373 e. The van der Waals surface area contributed by atoms with E-state index in [1.165, 1.54) is 0 Å². The molecule has 0 saturated carbocycles. The largest absolute Gasteiger partial charge is 0.373 e. The number of piperazine rings is 1. The van der Waals surface area contributed by atoms with Gasteiger partial charge in [0.25, 0.3) is 5.91 Å². The summed E-state index contributed by atoms with van der Waals surface area (Å²) in [4.78, 5) is 28.6. The van der Waals surface area contributed by atoms with E-state index < -0.39 is 0 Å². The first kappa shape index (κ1) is 20.4. The monoisotopic (exact) mass is 412 g/mol. The molecule has 1 aromatic heterocycles. The fourth-order valence-corrected chi connectivity index (χ4v) is 4.13. The Kier molecular flexibility index (Phi) is 6.32. The molecule has 2 aromatic rings. The first-order chi connectivity index (χ1) is 14.6. The van der Waals surface area contributed by atoms with Crippen molar-refractivity contribution in [2.24, 2.45) is 5.92 Å². The lowest BCUT2D eigenvalue weighted by molar-refractivity contribution is -0.0272. The van der Waals surface area contributed by atoms with Gasteiger partial charge in [-0.15, -0.1) is 0 Å². The molecule has 2 aliphatic rings. The second-order valence-corrected chi connectivity index (χ2v) is 7.90.